The second-order valence-corrected chi connectivity index (χ2v) is 6.02. The molecule has 5 nitrogen and oxygen atoms in total. The normalized spacial score (nSPS) is 10.4. The highest BCUT2D eigenvalue weighted by atomic mass is 16.5. The molecular weight excluding hydrogens is 316 g/mol. The summed E-state index contributed by atoms with van der Waals surface area (Å²) < 4.78 is 11.3. The number of rotatable bonds is 8. The average molecular weight is 342 g/mol. The smallest absolute Gasteiger partial charge is 0.321 e. The zero-order chi connectivity index (χ0) is 18.1. The molecule has 0 atom stereocenters. The molecule has 0 saturated heterocycles. The van der Waals surface area contributed by atoms with Crippen molar-refractivity contribution in [2.24, 2.45) is 0 Å². The van der Waals surface area contributed by atoms with Crippen molar-refractivity contribution in [1.82, 2.24) is 5.32 Å². The molecule has 0 spiro atoms. The van der Waals surface area contributed by atoms with Crippen molar-refractivity contribution in [3.8, 4) is 11.5 Å². The van der Waals surface area contributed by atoms with Gasteiger partial charge in [0.1, 0.15) is 11.5 Å². The van der Waals surface area contributed by atoms with E-state index < -0.39 is 0 Å². The summed E-state index contributed by atoms with van der Waals surface area (Å²) >= 11 is 0. The summed E-state index contributed by atoms with van der Waals surface area (Å²) in [5.41, 5.74) is 0.818. The Morgan fingerprint density at radius 3 is 2.08 bits per heavy atom. The maximum absolute atomic E-state index is 12.0. The highest BCUT2D eigenvalue weighted by Crippen LogP contribution is 2.19. The van der Waals surface area contributed by atoms with Crippen molar-refractivity contribution in [1.29, 1.82) is 0 Å². The fourth-order valence-corrected chi connectivity index (χ4v) is 2.18. The van der Waals surface area contributed by atoms with Gasteiger partial charge in [0.05, 0.1) is 13.2 Å². The Labute approximate surface area is 149 Å². The summed E-state index contributed by atoms with van der Waals surface area (Å²) in [6.07, 6.45) is 0.799. The Morgan fingerprint density at radius 2 is 1.52 bits per heavy atom. The molecule has 1 N–H and O–H groups in total. The number of carbonyl (C=O) groups is 1. The van der Waals surface area contributed by atoms with Gasteiger partial charge in [-0.3, -0.25) is 4.90 Å². The number of hydrogen-bond acceptors (Lipinski definition) is 3. The molecule has 134 valence electrons. The van der Waals surface area contributed by atoms with Crippen LogP contribution >= 0.6 is 0 Å². The summed E-state index contributed by atoms with van der Waals surface area (Å²) in [6.45, 7) is 5.06. The van der Waals surface area contributed by atoms with E-state index in [2.05, 4.69) is 5.32 Å². The standard InChI is InChI=1S/C20H26N2O3/c1-16(2)21-20(23)22(3)17-10-12-19(13-11-17)25-15-7-14-24-18-8-5-4-6-9-18/h4-6,8-13,16H,7,14-15H2,1-3H3,(H,21,23). The van der Waals surface area contributed by atoms with Crippen LogP contribution in [0.25, 0.3) is 0 Å². The van der Waals surface area contributed by atoms with Crippen molar-refractivity contribution in [3.05, 3.63) is 54.6 Å². The van der Waals surface area contributed by atoms with E-state index in [-0.39, 0.29) is 12.1 Å². The summed E-state index contributed by atoms with van der Waals surface area (Å²) in [4.78, 5) is 13.6. The minimum atomic E-state index is -0.123. The molecule has 2 aromatic carbocycles. The zero-order valence-corrected chi connectivity index (χ0v) is 15.1. The summed E-state index contributed by atoms with van der Waals surface area (Å²) in [7, 11) is 1.74. The van der Waals surface area contributed by atoms with Crippen molar-refractivity contribution in [3.63, 3.8) is 0 Å². The van der Waals surface area contributed by atoms with Crippen LogP contribution in [-0.2, 0) is 0 Å². The Balaban J connectivity index is 1.72. The first kappa shape index (κ1) is 18.6. The van der Waals surface area contributed by atoms with E-state index in [1.807, 2.05) is 68.4 Å². The van der Waals surface area contributed by atoms with Gasteiger partial charge in [-0.05, 0) is 50.2 Å². The number of nitrogens with zero attached hydrogens (tertiary/aromatic N) is 1. The summed E-state index contributed by atoms with van der Waals surface area (Å²) in [5.74, 6) is 1.65. The third-order valence-electron chi connectivity index (χ3n) is 3.51. The predicted octanol–water partition coefficient (Wildman–Crippen LogP) is 4.09. The van der Waals surface area contributed by atoms with Crippen molar-refractivity contribution >= 4 is 11.7 Å². The number of para-hydroxylation sites is 1. The molecule has 0 aliphatic rings. The highest BCUT2D eigenvalue weighted by Gasteiger charge is 2.11. The Kier molecular flexibility index (Phi) is 7.14. The van der Waals surface area contributed by atoms with Crippen molar-refractivity contribution in [2.45, 2.75) is 26.3 Å². The first-order valence-corrected chi connectivity index (χ1v) is 8.51. The van der Waals surface area contributed by atoms with Crippen LogP contribution in [0.5, 0.6) is 11.5 Å². The number of anilines is 1. The SMILES string of the molecule is CC(C)NC(=O)N(C)c1ccc(OCCCOc2ccccc2)cc1. The zero-order valence-electron chi connectivity index (χ0n) is 15.1. The number of ether oxygens (including phenoxy) is 2. The van der Waals surface area contributed by atoms with Gasteiger partial charge in [-0.15, -0.1) is 0 Å². The van der Waals surface area contributed by atoms with Crippen LogP contribution in [0, 0.1) is 0 Å². The van der Waals surface area contributed by atoms with E-state index in [0.717, 1.165) is 23.6 Å². The van der Waals surface area contributed by atoms with E-state index >= 15 is 0 Å². The van der Waals surface area contributed by atoms with Crippen LogP contribution in [0.2, 0.25) is 0 Å². The van der Waals surface area contributed by atoms with E-state index in [4.69, 9.17) is 9.47 Å². The minimum absolute atomic E-state index is 0.107. The monoisotopic (exact) mass is 342 g/mol. The number of nitrogens with one attached hydrogen (secondary N) is 1. The maximum atomic E-state index is 12.0. The van der Waals surface area contributed by atoms with Crippen LogP contribution in [0.4, 0.5) is 10.5 Å². The second kappa shape index (κ2) is 9.57. The van der Waals surface area contributed by atoms with Gasteiger partial charge >= 0.3 is 6.03 Å². The van der Waals surface area contributed by atoms with E-state index in [9.17, 15) is 4.79 Å². The van der Waals surface area contributed by atoms with Crippen LogP contribution < -0.4 is 19.7 Å². The lowest BCUT2D eigenvalue weighted by Gasteiger charge is -2.20. The number of amides is 2. The van der Waals surface area contributed by atoms with Gasteiger partial charge in [-0.1, -0.05) is 18.2 Å². The lowest BCUT2D eigenvalue weighted by Crippen LogP contribution is -2.40. The van der Waals surface area contributed by atoms with E-state index in [1.165, 1.54) is 0 Å². The Bertz CT molecular complexity index is 642. The second-order valence-electron chi connectivity index (χ2n) is 6.02. The lowest BCUT2D eigenvalue weighted by molar-refractivity contribution is 0.245. The van der Waals surface area contributed by atoms with Gasteiger partial charge in [0.2, 0.25) is 0 Å². The van der Waals surface area contributed by atoms with E-state index in [1.54, 1.807) is 11.9 Å². The predicted molar refractivity (Wildman–Crippen MR) is 101 cm³/mol. The minimum Gasteiger partial charge on any atom is -0.493 e. The van der Waals surface area contributed by atoms with Gasteiger partial charge in [-0.25, -0.2) is 4.79 Å². The first-order chi connectivity index (χ1) is 12.1. The number of benzene rings is 2. The number of hydrogen-bond donors (Lipinski definition) is 1. The topological polar surface area (TPSA) is 50.8 Å². The van der Waals surface area contributed by atoms with Crippen molar-refractivity contribution in [2.75, 3.05) is 25.2 Å². The maximum Gasteiger partial charge on any atom is 0.321 e. The molecule has 2 rings (SSSR count). The first-order valence-electron chi connectivity index (χ1n) is 8.51. The number of urea groups is 1. The van der Waals surface area contributed by atoms with Gasteiger partial charge < -0.3 is 14.8 Å². The number of carbonyl (C=O) groups excluding carboxylic acids is 1. The molecule has 5 heteroatoms. The molecule has 0 aliphatic carbocycles. The van der Waals surface area contributed by atoms with E-state index in [0.29, 0.717) is 13.2 Å². The molecule has 0 radical (unpaired) electrons. The van der Waals surface area contributed by atoms with Gasteiger partial charge in [0, 0.05) is 25.2 Å². The largest absolute Gasteiger partial charge is 0.493 e. The van der Waals surface area contributed by atoms with Crippen molar-refractivity contribution < 1.29 is 14.3 Å². The molecule has 0 bridgehead atoms. The molecule has 0 heterocycles. The molecule has 0 aromatic heterocycles. The van der Waals surface area contributed by atoms with Crippen LogP contribution in [0.3, 0.4) is 0 Å². The quantitative estimate of drug-likeness (QED) is 0.735. The Morgan fingerprint density at radius 1 is 0.960 bits per heavy atom. The third-order valence-corrected chi connectivity index (χ3v) is 3.51. The third kappa shape index (κ3) is 6.37. The van der Waals surface area contributed by atoms with Crippen LogP contribution in [-0.4, -0.2) is 32.3 Å². The Hall–Kier alpha value is -2.69. The van der Waals surface area contributed by atoms with Crippen LogP contribution in [0.15, 0.2) is 54.6 Å². The lowest BCUT2D eigenvalue weighted by atomic mass is 10.3. The van der Waals surface area contributed by atoms with Gasteiger partial charge in [-0.2, -0.15) is 0 Å². The highest BCUT2D eigenvalue weighted by molar-refractivity contribution is 5.91. The average Bonchev–Trinajstić information content (AvgIpc) is 2.61. The van der Waals surface area contributed by atoms with Gasteiger partial charge in [0.25, 0.3) is 0 Å². The molecule has 2 aromatic rings. The summed E-state index contributed by atoms with van der Waals surface area (Å²) in [5, 5.41) is 2.86. The molecule has 0 saturated carbocycles. The van der Waals surface area contributed by atoms with Crippen LogP contribution in [0.1, 0.15) is 20.3 Å². The molecule has 0 fully saturated rings. The fourth-order valence-electron chi connectivity index (χ4n) is 2.18. The summed E-state index contributed by atoms with van der Waals surface area (Å²) in [6, 6.07) is 17.2. The molecule has 0 aliphatic heterocycles. The molecular formula is C20H26N2O3. The molecule has 2 amide bonds. The molecule has 0 unspecified atom stereocenters. The molecule has 25 heavy (non-hydrogen) atoms. The fraction of sp³-hybridized carbons (Fsp3) is 0.350. The van der Waals surface area contributed by atoms with Gasteiger partial charge in [0.15, 0.2) is 0 Å².